The molecule has 3 N–H and O–H groups in total. The van der Waals surface area contributed by atoms with Crippen LogP contribution in [0.15, 0.2) is 48.6 Å². The van der Waals surface area contributed by atoms with Gasteiger partial charge in [0.1, 0.15) is 0 Å². The zero-order valence-corrected chi connectivity index (χ0v) is 26.2. The number of unbranched alkanes of at least 4 members (excludes halogenated alkanes) is 4. The molecule has 0 bridgehead atoms. The van der Waals surface area contributed by atoms with Crippen molar-refractivity contribution >= 4 is 5.91 Å². The SMILES string of the molecule is CC.CCC.CCCCC/C=C\C/C=C\C/C=C\C/C=C\CCCC(=O)NCC(C)(C)OCC(C)(C)N. The highest BCUT2D eigenvalue weighted by atomic mass is 16.5. The van der Waals surface area contributed by atoms with Gasteiger partial charge in [0, 0.05) is 18.5 Å². The number of nitrogens with one attached hydrogen (secondary N) is 1. The van der Waals surface area contributed by atoms with E-state index in [1.54, 1.807) is 0 Å². The summed E-state index contributed by atoms with van der Waals surface area (Å²) in [6.45, 7) is 19.2. The lowest BCUT2D eigenvalue weighted by Gasteiger charge is -2.30. The summed E-state index contributed by atoms with van der Waals surface area (Å²) in [7, 11) is 0. The van der Waals surface area contributed by atoms with E-state index in [0.29, 0.717) is 19.6 Å². The van der Waals surface area contributed by atoms with E-state index >= 15 is 0 Å². The molecule has 1 amide bonds. The molecular formula is C33H64N2O2. The number of ether oxygens (including phenoxy) is 1. The van der Waals surface area contributed by atoms with Crippen LogP contribution in [0.1, 0.15) is 133 Å². The van der Waals surface area contributed by atoms with Crippen molar-refractivity contribution in [3.05, 3.63) is 48.6 Å². The summed E-state index contributed by atoms with van der Waals surface area (Å²) >= 11 is 0. The van der Waals surface area contributed by atoms with Crippen molar-refractivity contribution in [3.8, 4) is 0 Å². The Bertz CT molecular complexity index is 596. The van der Waals surface area contributed by atoms with Crippen LogP contribution in [-0.4, -0.2) is 30.2 Å². The first-order valence-electron chi connectivity index (χ1n) is 14.9. The second-order valence-corrected chi connectivity index (χ2v) is 10.5. The Balaban J connectivity index is -0.00000214. The third-order valence-corrected chi connectivity index (χ3v) is 4.78. The van der Waals surface area contributed by atoms with E-state index in [0.717, 1.165) is 32.1 Å². The van der Waals surface area contributed by atoms with Crippen molar-refractivity contribution in [1.29, 1.82) is 0 Å². The van der Waals surface area contributed by atoms with Crippen LogP contribution < -0.4 is 11.1 Å². The summed E-state index contributed by atoms with van der Waals surface area (Å²) in [6, 6.07) is 0. The molecule has 0 heterocycles. The summed E-state index contributed by atoms with van der Waals surface area (Å²) in [5.41, 5.74) is 5.16. The monoisotopic (exact) mass is 520 g/mol. The third kappa shape index (κ3) is 39.0. The highest BCUT2D eigenvalue weighted by Gasteiger charge is 2.22. The third-order valence-electron chi connectivity index (χ3n) is 4.78. The Kier molecular flexibility index (Phi) is 31.1. The van der Waals surface area contributed by atoms with E-state index < -0.39 is 5.60 Å². The molecular weight excluding hydrogens is 456 g/mol. The molecule has 0 fully saturated rings. The lowest BCUT2D eigenvalue weighted by Crippen LogP contribution is -2.46. The second kappa shape index (κ2) is 28.9. The van der Waals surface area contributed by atoms with Crippen LogP contribution in [0, 0.1) is 0 Å². The molecule has 0 aromatic carbocycles. The zero-order valence-electron chi connectivity index (χ0n) is 26.2. The van der Waals surface area contributed by atoms with Gasteiger partial charge in [-0.05, 0) is 72.6 Å². The first-order valence-corrected chi connectivity index (χ1v) is 14.9. The van der Waals surface area contributed by atoms with Gasteiger partial charge in [0.25, 0.3) is 0 Å². The fraction of sp³-hybridized carbons (Fsp3) is 0.727. The normalized spacial score (nSPS) is 12.2. The standard InChI is InChI=1S/C28H50N2O2.C3H8.C2H6/c1-6-7-8-9-10-11-12-13-14-15-16-17-18-19-20-21-22-23-26(31)30-24-28(4,5)32-25-27(2,3)29;1-3-2;1-2/h10-11,13-14,16-17,19-20H,6-9,12,15,18,21-25,29H2,1-5H3,(H,30,31);3H2,1-2H3;1-2H3/b11-10-,14-13-,17-16-,20-19-;;. The van der Waals surface area contributed by atoms with Crippen LogP contribution in [0.5, 0.6) is 0 Å². The van der Waals surface area contributed by atoms with Crippen molar-refractivity contribution in [3.63, 3.8) is 0 Å². The van der Waals surface area contributed by atoms with E-state index in [4.69, 9.17) is 10.5 Å². The molecule has 218 valence electrons. The molecule has 0 aliphatic heterocycles. The summed E-state index contributed by atoms with van der Waals surface area (Å²) in [5, 5.41) is 2.96. The van der Waals surface area contributed by atoms with Gasteiger partial charge in [0.2, 0.25) is 5.91 Å². The number of rotatable bonds is 19. The molecule has 0 aliphatic carbocycles. The maximum atomic E-state index is 12.0. The smallest absolute Gasteiger partial charge is 0.220 e. The lowest BCUT2D eigenvalue weighted by atomic mass is 10.1. The number of amides is 1. The molecule has 0 saturated heterocycles. The lowest BCUT2D eigenvalue weighted by molar-refractivity contribution is -0.123. The van der Waals surface area contributed by atoms with Gasteiger partial charge in [-0.15, -0.1) is 0 Å². The largest absolute Gasteiger partial charge is 0.372 e. The molecule has 0 atom stereocenters. The van der Waals surface area contributed by atoms with Crippen LogP contribution >= 0.6 is 0 Å². The van der Waals surface area contributed by atoms with E-state index in [1.807, 2.05) is 41.5 Å². The van der Waals surface area contributed by atoms with E-state index in [2.05, 4.69) is 74.7 Å². The fourth-order valence-electron chi connectivity index (χ4n) is 2.77. The number of carbonyl (C=O) groups is 1. The zero-order chi connectivity index (χ0) is 28.8. The molecule has 4 nitrogen and oxygen atoms in total. The highest BCUT2D eigenvalue weighted by Crippen LogP contribution is 2.11. The Labute approximate surface area is 232 Å². The van der Waals surface area contributed by atoms with Crippen molar-refractivity contribution in [2.45, 2.75) is 144 Å². The van der Waals surface area contributed by atoms with Crippen molar-refractivity contribution < 1.29 is 9.53 Å². The number of carbonyl (C=O) groups excluding carboxylic acids is 1. The number of nitrogens with two attached hydrogens (primary N) is 1. The summed E-state index contributed by atoms with van der Waals surface area (Å²) in [4.78, 5) is 12.0. The average molecular weight is 521 g/mol. The van der Waals surface area contributed by atoms with Gasteiger partial charge in [-0.3, -0.25) is 4.79 Å². The number of hydrogen-bond acceptors (Lipinski definition) is 3. The van der Waals surface area contributed by atoms with Crippen LogP contribution in [-0.2, 0) is 9.53 Å². The van der Waals surface area contributed by atoms with Gasteiger partial charge < -0.3 is 15.8 Å². The van der Waals surface area contributed by atoms with E-state index in [1.165, 1.54) is 32.1 Å². The molecule has 0 aromatic heterocycles. The summed E-state index contributed by atoms with van der Waals surface area (Å²) in [5.74, 6) is 0.0737. The average Bonchev–Trinajstić information content (AvgIpc) is 2.85. The van der Waals surface area contributed by atoms with Crippen LogP contribution in [0.4, 0.5) is 0 Å². The minimum absolute atomic E-state index is 0.0737. The van der Waals surface area contributed by atoms with Crippen molar-refractivity contribution in [1.82, 2.24) is 5.32 Å². The van der Waals surface area contributed by atoms with Crippen LogP contribution in [0.3, 0.4) is 0 Å². The molecule has 0 radical (unpaired) electrons. The molecule has 0 aliphatic rings. The van der Waals surface area contributed by atoms with Gasteiger partial charge in [-0.2, -0.15) is 0 Å². The molecule has 0 aromatic rings. The fourth-order valence-corrected chi connectivity index (χ4v) is 2.77. The van der Waals surface area contributed by atoms with Crippen molar-refractivity contribution in [2.75, 3.05) is 13.2 Å². The molecule has 0 spiro atoms. The summed E-state index contributed by atoms with van der Waals surface area (Å²) < 4.78 is 5.82. The Morgan fingerprint density at radius 1 is 0.757 bits per heavy atom. The minimum Gasteiger partial charge on any atom is -0.372 e. The minimum atomic E-state index is -0.418. The molecule has 4 heteroatoms. The second-order valence-electron chi connectivity index (χ2n) is 10.5. The molecule has 0 unspecified atom stereocenters. The Morgan fingerprint density at radius 2 is 1.19 bits per heavy atom. The predicted molar refractivity (Wildman–Crippen MR) is 167 cm³/mol. The molecule has 0 rings (SSSR count). The van der Waals surface area contributed by atoms with Gasteiger partial charge >= 0.3 is 0 Å². The topological polar surface area (TPSA) is 64.3 Å². The van der Waals surface area contributed by atoms with E-state index in [-0.39, 0.29) is 11.4 Å². The van der Waals surface area contributed by atoms with Crippen molar-refractivity contribution in [2.24, 2.45) is 5.73 Å². The number of allylic oxidation sites excluding steroid dienone is 8. The molecule has 37 heavy (non-hydrogen) atoms. The van der Waals surface area contributed by atoms with Gasteiger partial charge in [0.05, 0.1) is 12.2 Å². The Hall–Kier alpha value is -1.65. The quantitative estimate of drug-likeness (QED) is 0.132. The van der Waals surface area contributed by atoms with Gasteiger partial charge in [0.15, 0.2) is 0 Å². The maximum absolute atomic E-state index is 12.0. The first kappa shape index (κ1) is 39.9. The van der Waals surface area contributed by atoms with Gasteiger partial charge in [-0.1, -0.05) is 102 Å². The summed E-state index contributed by atoms with van der Waals surface area (Å²) in [6.07, 6.45) is 29.4. The first-order chi connectivity index (χ1) is 17.6. The Morgan fingerprint density at radius 3 is 1.62 bits per heavy atom. The van der Waals surface area contributed by atoms with Gasteiger partial charge in [-0.25, -0.2) is 0 Å². The predicted octanol–water partition coefficient (Wildman–Crippen LogP) is 9.22. The molecule has 0 saturated carbocycles. The maximum Gasteiger partial charge on any atom is 0.220 e. The van der Waals surface area contributed by atoms with Crippen LogP contribution in [0.25, 0.3) is 0 Å². The van der Waals surface area contributed by atoms with Crippen LogP contribution in [0.2, 0.25) is 0 Å². The van der Waals surface area contributed by atoms with E-state index in [9.17, 15) is 4.79 Å². The highest BCUT2D eigenvalue weighted by molar-refractivity contribution is 5.75. The number of hydrogen-bond donors (Lipinski definition) is 2.